The molecule has 1 aliphatic rings. The molecule has 0 saturated carbocycles. The molecular weight excluding hydrogens is 236 g/mol. The van der Waals surface area contributed by atoms with Gasteiger partial charge in [0.15, 0.2) is 0 Å². The SMILES string of the molecule is CSCC1(C)Oc2ccccc2NC(=O)C1N. The number of rotatable bonds is 2. The third-order valence-electron chi connectivity index (χ3n) is 2.86. The Hall–Kier alpha value is -1.20. The minimum atomic E-state index is -0.684. The number of hydrogen-bond acceptors (Lipinski definition) is 4. The van der Waals surface area contributed by atoms with Crippen LogP contribution >= 0.6 is 11.8 Å². The summed E-state index contributed by atoms with van der Waals surface area (Å²) in [6.45, 7) is 1.87. The van der Waals surface area contributed by atoms with Crippen LogP contribution in [-0.2, 0) is 4.79 Å². The lowest BCUT2D eigenvalue weighted by molar-refractivity contribution is -0.120. The quantitative estimate of drug-likeness (QED) is 0.836. The molecule has 1 aromatic rings. The number of fused-ring (bicyclic) bond motifs is 1. The lowest BCUT2D eigenvalue weighted by Gasteiger charge is -2.32. The van der Waals surface area contributed by atoms with Crippen molar-refractivity contribution < 1.29 is 9.53 Å². The highest BCUT2D eigenvalue weighted by Crippen LogP contribution is 2.33. The molecule has 0 aromatic heterocycles. The number of carbonyl (C=O) groups is 1. The molecule has 1 heterocycles. The molecule has 4 nitrogen and oxygen atoms in total. The van der Waals surface area contributed by atoms with E-state index < -0.39 is 11.6 Å². The molecule has 2 rings (SSSR count). The summed E-state index contributed by atoms with van der Waals surface area (Å²) in [4.78, 5) is 11.9. The Morgan fingerprint density at radius 3 is 2.94 bits per heavy atom. The summed E-state index contributed by atoms with van der Waals surface area (Å²) in [6, 6.07) is 6.70. The van der Waals surface area contributed by atoms with Crippen LogP contribution in [0.1, 0.15) is 6.92 Å². The molecule has 2 atom stereocenters. The fraction of sp³-hybridized carbons (Fsp3) is 0.417. The van der Waals surface area contributed by atoms with Crippen LogP contribution in [0, 0.1) is 0 Å². The standard InChI is InChI=1S/C12H16N2O2S/c1-12(7-17-2)10(13)11(15)14-8-5-3-4-6-9(8)16-12/h3-6,10H,7,13H2,1-2H3,(H,14,15). The lowest BCUT2D eigenvalue weighted by atomic mass is 9.99. The van der Waals surface area contributed by atoms with Gasteiger partial charge in [0.1, 0.15) is 17.4 Å². The molecule has 0 bridgehead atoms. The van der Waals surface area contributed by atoms with Crippen molar-refractivity contribution in [1.82, 2.24) is 0 Å². The zero-order chi connectivity index (χ0) is 12.5. The van der Waals surface area contributed by atoms with Gasteiger partial charge < -0.3 is 15.8 Å². The van der Waals surface area contributed by atoms with E-state index in [9.17, 15) is 4.79 Å². The zero-order valence-electron chi connectivity index (χ0n) is 9.90. The largest absolute Gasteiger partial charge is 0.482 e. The highest BCUT2D eigenvalue weighted by molar-refractivity contribution is 7.98. The number of benzene rings is 1. The number of nitrogens with two attached hydrogens (primary N) is 1. The van der Waals surface area contributed by atoms with Gasteiger partial charge in [0.05, 0.1) is 5.69 Å². The predicted octanol–water partition coefficient (Wildman–Crippen LogP) is 1.47. The number of thioether (sulfide) groups is 1. The summed E-state index contributed by atoms with van der Waals surface area (Å²) in [5, 5.41) is 2.79. The third kappa shape index (κ3) is 2.25. The summed E-state index contributed by atoms with van der Waals surface area (Å²) in [6.07, 6.45) is 1.97. The lowest BCUT2D eigenvalue weighted by Crippen LogP contribution is -2.56. The molecule has 92 valence electrons. The van der Waals surface area contributed by atoms with Crippen LogP contribution in [0.3, 0.4) is 0 Å². The van der Waals surface area contributed by atoms with Crippen molar-refractivity contribution in [3.63, 3.8) is 0 Å². The van der Waals surface area contributed by atoms with Crippen molar-refractivity contribution in [3.8, 4) is 5.75 Å². The van der Waals surface area contributed by atoms with Gasteiger partial charge in [0, 0.05) is 5.75 Å². The number of amides is 1. The van der Waals surface area contributed by atoms with Crippen molar-refractivity contribution in [2.24, 2.45) is 5.73 Å². The first-order valence-electron chi connectivity index (χ1n) is 5.40. The first-order valence-corrected chi connectivity index (χ1v) is 6.79. The molecule has 0 spiro atoms. The second-order valence-corrected chi connectivity index (χ2v) is 5.18. The van der Waals surface area contributed by atoms with E-state index in [2.05, 4.69) is 5.32 Å². The maximum atomic E-state index is 11.9. The number of ether oxygens (including phenoxy) is 1. The number of nitrogens with one attached hydrogen (secondary N) is 1. The molecule has 3 N–H and O–H groups in total. The molecule has 2 unspecified atom stereocenters. The predicted molar refractivity (Wildman–Crippen MR) is 70.5 cm³/mol. The van der Waals surface area contributed by atoms with Crippen LogP contribution in [0.4, 0.5) is 5.69 Å². The van der Waals surface area contributed by atoms with E-state index in [1.807, 2.05) is 37.4 Å². The Kier molecular flexibility index (Phi) is 3.31. The second-order valence-electron chi connectivity index (χ2n) is 4.31. The topological polar surface area (TPSA) is 64.3 Å². The Morgan fingerprint density at radius 2 is 2.24 bits per heavy atom. The first-order chi connectivity index (χ1) is 8.07. The van der Waals surface area contributed by atoms with E-state index in [0.29, 0.717) is 17.2 Å². The van der Waals surface area contributed by atoms with Crippen LogP contribution in [0.25, 0.3) is 0 Å². The molecule has 0 radical (unpaired) electrons. The molecule has 5 heteroatoms. The monoisotopic (exact) mass is 252 g/mol. The molecule has 0 aliphatic carbocycles. The summed E-state index contributed by atoms with van der Waals surface area (Å²) in [7, 11) is 0. The maximum Gasteiger partial charge on any atom is 0.245 e. The summed E-state index contributed by atoms with van der Waals surface area (Å²) in [5.74, 6) is 1.13. The average Bonchev–Trinajstić information content (AvgIpc) is 2.38. The molecule has 1 amide bonds. The van der Waals surface area contributed by atoms with Gasteiger partial charge in [-0.25, -0.2) is 0 Å². The fourth-order valence-corrected chi connectivity index (χ4v) is 2.68. The van der Waals surface area contributed by atoms with Gasteiger partial charge >= 0.3 is 0 Å². The minimum absolute atomic E-state index is 0.202. The highest BCUT2D eigenvalue weighted by Gasteiger charge is 2.41. The van der Waals surface area contributed by atoms with Gasteiger partial charge in [-0.2, -0.15) is 11.8 Å². The van der Waals surface area contributed by atoms with Gasteiger partial charge in [-0.1, -0.05) is 12.1 Å². The minimum Gasteiger partial charge on any atom is -0.482 e. The van der Waals surface area contributed by atoms with Gasteiger partial charge in [-0.05, 0) is 25.3 Å². The van der Waals surface area contributed by atoms with E-state index >= 15 is 0 Å². The third-order valence-corrected chi connectivity index (χ3v) is 3.72. The van der Waals surface area contributed by atoms with Crippen molar-refractivity contribution in [2.45, 2.75) is 18.6 Å². The normalized spacial score (nSPS) is 27.7. The van der Waals surface area contributed by atoms with Crippen molar-refractivity contribution in [1.29, 1.82) is 0 Å². The van der Waals surface area contributed by atoms with Gasteiger partial charge in [-0.15, -0.1) is 0 Å². The van der Waals surface area contributed by atoms with Gasteiger partial charge in [0.25, 0.3) is 0 Å². The Balaban J connectivity index is 2.41. The number of para-hydroxylation sites is 2. The summed E-state index contributed by atoms with van der Waals surface area (Å²) in [5.41, 5.74) is 5.97. The molecule has 1 aliphatic heterocycles. The van der Waals surface area contributed by atoms with E-state index in [0.717, 1.165) is 0 Å². The molecule has 0 fully saturated rings. The number of carbonyl (C=O) groups excluding carboxylic acids is 1. The van der Waals surface area contributed by atoms with Crippen LogP contribution in [0.2, 0.25) is 0 Å². The van der Waals surface area contributed by atoms with Crippen molar-refractivity contribution in [2.75, 3.05) is 17.3 Å². The summed E-state index contributed by atoms with van der Waals surface area (Å²) < 4.78 is 5.94. The van der Waals surface area contributed by atoms with E-state index in [1.165, 1.54) is 0 Å². The Labute approximate surface area is 105 Å². The molecule has 1 aromatic carbocycles. The summed E-state index contributed by atoms with van der Waals surface area (Å²) >= 11 is 1.61. The highest BCUT2D eigenvalue weighted by atomic mass is 32.2. The molecule has 0 saturated heterocycles. The van der Waals surface area contributed by atoms with E-state index in [-0.39, 0.29) is 5.91 Å². The zero-order valence-corrected chi connectivity index (χ0v) is 10.7. The number of anilines is 1. The van der Waals surface area contributed by atoms with Gasteiger partial charge in [-0.3, -0.25) is 4.79 Å². The molecule has 17 heavy (non-hydrogen) atoms. The number of hydrogen-bond donors (Lipinski definition) is 2. The van der Waals surface area contributed by atoms with Crippen LogP contribution in [-0.4, -0.2) is 29.6 Å². The fourth-order valence-electron chi connectivity index (χ4n) is 1.87. The van der Waals surface area contributed by atoms with E-state index in [1.54, 1.807) is 11.8 Å². The average molecular weight is 252 g/mol. The van der Waals surface area contributed by atoms with Crippen LogP contribution in [0.15, 0.2) is 24.3 Å². The second kappa shape index (κ2) is 4.58. The van der Waals surface area contributed by atoms with Crippen LogP contribution in [0.5, 0.6) is 5.75 Å². The van der Waals surface area contributed by atoms with Gasteiger partial charge in [0.2, 0.25) is 5.91 Å². The van der Waals surface area contributed by atoms with Crippen molar-refractivity contribution in [3.05, 3.63) is 24.3 Å². The Morgan fingerprint density at radius 1 is 1.53 bits per heavy atom. The molecular formula is C12H16N2O2S. The van der Waals surface area contributed by atoms with Crippen LogP contribution < -0.4 is 15.8 Å². The smallest absolute Gasteiger partial charge is 0.245 e. The maximum absolute atomic E-state index is 11.9. The Bertz CT molecular complexity index is 438. The van der Waals surface area contributed by atoms with E-state index in [4.69, 9.17) is 10.5 Å². The first kappa shape index (κ1) is 12.3. The van der Waals surface area contributed by atoms with Crippen molar-refractivity contribution >= 4 is 23.4 Å².